The summed E-state index contributed by atoms with van der Waals surface area (Å²) in [7, 11) is 2.20. The van der Waals surface area contributed by atoms with E-state index in [4.69, 9.17) is 4.74 Å². The Labute approximate surface area is 252 Å². The first-order chi connectivity index (χ1) is 19.5. The fourth-order valence-corrected chi connectivity index (χ4v) is 7.15. The highest BCUT2D eigenvalue weighted by atomic mass is 16.5. The minimum Gasteiger partial charge on any atom is -0.455 e. The van der Waals surface area contributed by atoms with Crippen LogP contribution in [0.5, 0.6) is 11.5 Å². The van der Waals surface area contributed by atoms with Crippen molar-refractivity contribution in [2.45, 2.75) is 88.5 Å². The van der Waals surface area contributed by atoms with E-state index < -0.39 is 0 Å². The van der Waals surface area contributed by atoms with Gasteiger partial charge in [0.05, 0.1) is 10.9 Å². The quantitative estimate of drug-likeness (QED) is 0.155. The molecular formula is C40H48NO+. The molecule has 0 atom stereocenters. The van der Waals surface area contributed by atoms with E-state index in [1.54, 1.807) is 0 Å². The van der Waals surface area contributed by atoms with E-state index in [0.717, 1.165) is 30.8 Å². The second-order valence-electron chi connectivity index (χ2n) is 16.4. The van der Waals surface area contributed by atoms with Crippen LogP contribution in [0.4, 0.5) is 0 Å². The van der Waals surface area contributed by atoms with Gasteiger partial charge in [-0.3, -0.25) is 0 Å². The van der Waals surface area contributed by atoms with Gasteiger partial charge in [0, 0.05) is 22.4 Å². The van der Waals surface area contributed by atoms with Gasteiger partial charge in [-0.05, 0) is 75.3 Å². The highest BCUT2D eigenvalue weighted by Gasteiger charge is 2.36. The van der Waals surface area contributed by atoms with Gasteiger partial charge in [-0.1, -0.05) is 105 Å². The predicted molar refractivity (Wildman–Crippen MR) is 180 cm³/mol. The van der Waals surface area contributed by atoms with Crippen molar-refractivity contribution in [3.05, 3.63) is 77.0 Å². The zero-order valence-corrected chi connectivity index (χ0v) is 27.7. The molecule has 2 heterocycles. The lowest BCUT2D eigenvalue weighted by Gasteiger charge is -2.30. The number of hydrogen-bond donors (Lipinski definition) is 0. The summed E-state index contributed by atoms with van der Waals surface area (Å²) < 4.78 is 9.60. The van der Waals surface area contributed by atoms with Gasteiger partial charge in [0.15, 0.2) is 6.20 Å². The van der Waals surface area contributed by atoms with Crippen molar-refractivity contribution in [1.29, 1.82) is 0 Å². The van der Waals surface area contributed by atoms with E-state index in [9.17, 15) is 0 Å². The first-order valence-corrected chi connectivity index (χ1v) is 15.6. The Morgan fingerprint density at radius 3 is 1.86 bits per heavy atom. The normalized spacial score (nSPS) is 13.6. The summed E-state index contributed by atoms with van der Waals surface area (Å²) in [6.45, 7) is 23.3. The van der Waals surface area contributed by atoms with Gasteiger partial charge in [0.1, 0.15) is 18.5 Å². The third kappa shape index (κ3) is 4.97. The van der Waals surface area contributed by atoms with E-state index in [-0.39, 0.29) is 16.2 Å². The maximum absolute atomic E-state index is 7.27. The monoisotopic (exact) mass is 558 g/mol. The Morgan fingerprint density at radius 2 is 1.21 bits per heavy atom. The lowest BCUT2D eigenvalue weighted by atomic mass is 9.79. The fraction of sp³-hybridized carbons (Fsp3) is 0.425. The second kappa shape index (κ2) is 9.56. The molecule has 0 fully saturated rings. The molecule has 0 amide bonds. The van der Waals surface area contributed by atoms with Crippen molar-refractivity contribution in [3.8, 4) is 22.8 Å². The van der Waals surface area contributed by atoms with Gasteiger partial charge in [-0.2, -0.15) is 0 Å². The number of hydrogen-bond acceptors (Lipinski definition) is 1. The molecule has 4 aromatic carbocycles. The Hall–Kier alpha value is -3.39. The van der Waals surface area contributed by atoms with Crippen molar-refractivity contribution in [1.82, 2.24) is 0 Å². The highest BCUT2D eigenvalue weighted by molar-refractivity contribution is 6.15. The van der Waals surface area contributed by atoms with E-state index in [2.05, 4.69) is 136 Å². The molecule has 0 saturated heterocycles. The van der Waals surface area contributed by atoms with Crippen molar-refractivity contribution in [2.75, 3.05) is 0 Å². The van der Waals surface area contributed by atoms with Crippen LogP contribution in [-0.4, -0.2) is 0 Å². The number of aryl methyl sites for hydroxylation is 2. The molecule has 1 aliphatic heterocycles. The van der Waals surface area contributed by atoms with Gasteiger partial charge in [-0.25, -0.2) is 4.57 Å². The van der Waals surface area contributed by atoms with E-state index in [0.29, 0.717) is 0 Å². The van der Waals surface area contributed by atoms with Crippen LogP contribution < -0.4 is 9.30 Å². The van der Waals surface area contributed by atoms with Gasteiger partial charge >= 0.3 is 0 Å². The molecule has 0 bridgehead atoms. The standard InChI is InChI=1S/C40H48NO/c1-24-30-20-25(21-38(2,3)4)16-17-27(30)32(23-40(8,9)10)37-33(24)35-34-28(18-19-41(35)11)31(22-39(5,6)7)26-14-12-13-15-29(26)36(34)42-37/h12-20H,21-23H2,1-11H3/q+1. The number of ether oxygens (including phenoxy) is 1. The lowest BCUT2D eigenvalue weighted by molar-refractivity contribution is -0.659. The molecule has 0 aliphatic carbocycles. The molecule has 218 valence electrons. The molecule has 1 aliphatic rings. The zero-order chi connectivity index (χ0) is 30.4. The van der Waals surface area contributed by atoms with Crippen LogP contribution in [0, 0.1) is 23.2 Å². The lowest BCUT2D eigenvalue weighted by Crippen LogP contribution is -2.32. The third-order valence-electron chi connectivity index (χ3n) is 8.65. The van der Waals surface area contributed by atoms with E-state index >= 15 is 0 Å². The Morgan fingerprint density at radius 1 is 0.619 bits per heavy atom. The topological polar surface area (TPSA) is 13.1 Å². The molecule has 1 aromatic heterocycles. The van der Waals surface area contributed by atoms with Crippen molar-refractivity contribution >= 4 is 32.3 Å². The second-order valence-corrected chi connectivity index (χ2v) is 16.4. The van der Waals surface area contributed by atoms with Crippen LogP contribution in [0.3, 0.4) is 0 Å². The third-order valence-corrected chi connectivity index (χ3v) is 8.65. The minimum absolute atomic E-state index is 0.108. The molecule has 2 heteroatoms. The van der Waals surface area contributed by atoms with E-state index in [1.165, 1.54) is 65.8 Å². The van der Waals surface area contributed by atoms with Gasteiger partial charge in [0.25, 0.3) is 0 Å². The molecule has 0 unspecified atom stereocenters. The van der Waals surface area contributed by atoms with Crippen LogP contribution in [0.2, 0.25) is 0 Å². The molecule has 42 heavy (non-hydrogen) atoms. The molecule has 0 N–H and O–H groups in total. The SMILES string of the molecule is Cc1c2c(c(CC(C)(C)C)c3ccc(CC(C)(C)C)cc13)Oc1c3ccccc3c(CC(C)(C)C)c3cc[n+](C)c-2c13. The van der Waals surface area contributed by atoms with Gasteiger partial charge in [0.2, 0.25) is 5.69 Å². The molecule has 0 saturated carbocycles. The smallest absolute Gasteiger partial charge is 0.228 e. The zero-order valence-electron chi connectivity index (χ0n) is 27.7. The number of aromatic nitrogens is 1. The summed E-state index contributed by atoms with van der Waals surface area (Å²) in [5.74, 6) is 2.05. The number of nitrogens with zero attached hydrogens (tertiary/aromatic N) is 1. The van der Waals surface area contributed by atoms with Crippen LogP contribution in [-0.2, 0) is 26.3 Å². The number of fused-ring (bicyclic) bond motifs is 5. The molecule has 2 nitrogen and oxygen atoms in total. The Kier molecular flexibility index (Phi) is 6.54. The average Bonchev–Trinajstić information content (AvgIpc) is 2.87. The summed E-state index contributed by atoms with van der Waals surface area (Å²) in [4.78, 5) is 0. The van der Waals surface area contributed by atoms with Crippen LogP contribution >= 0.6 is 0 Å². The van der Waals surface area contributed by atoms with E-state index in [1.807, 2.05) is 0 Å². The molecule has 6 rings (SSSR count). The van der Waals surface area contributed by atoms with Crippen molar-refractivity contribution in [2.24, 2.45) is 23.3 Å². The maximum atomic E-state index is 7.27. The van der Waals surface area contributed by atoms with Crippen LogP contribution in [0.1, 0.15) is 84.6 Å². The summed E-state index contributed by atoms with van der Waals surface area (Å²) >= 11 is 0. The van der Waals surface area contributed by atoms with Crippen LogP contribution in [0.25, 0.3) is 43.6 Å². The summed E-state index contributed by atoms with van der Waals surface area (Å²) in [6.07, 6.45) is 5.27. The number of rotatable bonds is 3. The molecular weight excluding hydrogens is 510 g/mol. The maximum Gasteiger partial charge on any atom is 0.228 e. The first-order valence-electron chi connectivity index (χ1n) is 15.6. The molecule has 0 radical (unpaired) electrons. The fourth-order valence-electron chi connectivity index (χ4n) is 7.15. The van der Waals surface area contributed by atoms with Crippen molar-refractivity contribution < 1.29 is 9.30 Å². The number of benzene rings is 4. The Bertz CT molecular complexity index is 1890. The van der Waals surface area contributed by atoms with Gasteiger partial charge < -0.3 is 4.74 Å². The molecule has 0 spiro atoms. The van der Waals surface area contributed by atoms with Crippen LogP contribution in [0.15, 0.2) is 54.7 Å². The summed E-state index contributed by atoms with van der Waals surface area (Å²) in [5, 5.41) is 7.76. The summed E-state index contributed by atoms with van der Waals surface area (Å²) in [6, 6.07) is 18.4. The number of pyridine rings is 1. The largest absolute Gasteiger partial charge is 0.455 e. The van der Waals surface area contributed by atoms with Gasteiger partial charge in [-0.15, -0.1) is 0 Å². The minimum atomic E-state index is 0.108. The predicted octanol–water partition coefficient (Wildman–Crippen LogP) is 10.8. The first kappa shape index (κ1) is 28.7. The highest BCUT2D eigenvalue weighted by Crippen LogP contribution is 2.54. The van der Waals surface area contributed by atoms with Crippen molar-refractivity contribution in [3.63, 3.8) is 0 Å². The molecule has 5 aromatic rings. The average molecular weight is 559 g/mol. The summed E-state index contributed by atoms with van der Waals surface area (Å²) in [5.41, 5.74) is 8.49. The Balaban J connectivity index is 1.78.